The number of allylic oxidation sites excluding steroid dienone is 4. The van der Waals surface area contributed by atoms with Crippen molar-refractivity contribution in [3.8, 4) is 0 Å². The summed E-state index contributed by atoms with van der Waals surface area (Å²) in [4.78, 5) is 0. The average Bonchev–Trinajstić information content (AvgIpc) is 2.75. The summed E-state index contributed by atoms with van der Waals surface area (Å²) >= 11 is 0. The standard InChI is InChI=1S/C21H31N/c1-21(2,3)20-14-12-19(13-15-20)17-22-16-8-11-18-9-6-4-5-7-10-18/h4,6-7,10,12-15,18,22H,5,8-9,11,16-17H2,1-3H3. The van der Waals surface area contributed by atoms with Gasteiger partial charge in [0.25, 0.3) is 0 Å². The van der Waals surface area contributed by atoms with Crippen LogP contribution in [-0.4, -0.2) is 6.54 Å². The first-order valence-corrected chi connectivity index (χ1v) is 8.67. The molecule has 0 saturated heterocycles. The fourth-order valence-electron chi connectivity index (χ4n) is 2.85. The Morgan fingerprint density at radius 2 is 1.82 bits per heavy atom. The third-order valence-electron chi connectivity index (χ3n) is 4.36. The SMILES string of the molecule is CC(C)(C)c1ccc(CNCCCC2C=CCC=CC2)cc1. The zero-order valence-corrected chi connectivity index (χ0v) is 14.4. The zero-order chi connectivity index (χ0) is 15.8. The Kier molecular flexibility index (Phi) is 6.45. The molecule has 0 heterocycles. The number of nitrogens with one attached hydrogen (secondary N) is 1. The quantitative estimate of drug-likeness (QED) is 0.549. The van der Waals surface area contributed by atoms with Crippen molar-refractivity contribution in [1.29, 1.82) is 0 Å². The molecule has 0 aliphatic heterocycles. The molecule has 0 aromatic heterocycles. The van der Waals surface area contributed by atoms with E-state index in [1.54, 1.807) is 0 Å². The first-order valence-electron chi connectivity index (χ1n) is 8.67. The minimum Gasteiger partial charge on any atom is -0.313 e. The van der Waals surface area contributed by atoms with Crippen molar-refractivity contribution in [1.82, 2.24) is 5.32 Å². The van der Waals surface area contributed by atoms with Crippen molar-refractivity contribution < 1.29 is 0 Å². The number of hydrogen-bond acceptors (Lipinski definition) is 1. The molecule has 0 bridgehead atoms. The molecule has 1 unspecified atom stereocenters. The van der Waals surface area contributed by atoms with Gasteiger partial charge in [-0.05, 0) is 54.7 Å². The first kappa shape index (κ1) is 17.0. The second-order valence-corrected chi connectivity index (χ2v) is 7.40. The summed E-state index contributed by atoms with van der Waals surface area (Å²) in [5, 5.41) is 3.57. The summed E-state index contributed by atoms with van der Waals surface area (Å²) in [5.41, 5.74) is 3.03. The third kappa shape index (κ3) is 5.81. The van der Waals surface area contributed by atoms with Crippen molar-refractivity contribution >= 4 is 0 Å². The van der Waals surface area contributed by atoms with E-state index in [0.29, 0.717) is 0 Å². The maximum atomic E-state index is 3.57. The lowest BCUT2D eigenvalue weighted by molar-refractivity contribution is 0.537. The lowest BCUT2D eigenvalue weighted by Gasteiger charge is -2.19. The van der Waals surface area contributed by atoms with Crippen LogP contribution in [0, 0.1) is 5.92 Å². The van der Waals surface area contributed by atoms with Gasteiger partial charge in [-0.1, -0.05) is 69.3 Å². The molecule has 1 atom stereocenters. The molecule has 0 fully saturated rings. The molecule has 1 aromatic rings. The Morgan fingerprint density at radius 1 is 1.05 bits per heavy atom. The van der Waals surface area contributed by atoms with Crippen molar-refractivity contribution in [2.45, 2.75) is 58.4 Å². The fraction of sp³-hybridized carbons (Fsp3) is 0.524. The van der Waals surface area contributed by atoms with Crippen LogP contribution in [0.4, 0.5) is 0 Å². The van der Waals surface area contributed by atoms with E-state index in [1.807, 2.05) is 0 Å². The summed E-state index contributed by atoms with van der Waals surface area (Å²) in [6, 6.07) is 9.04. The molecule has 1 nitrogen and oxygen atoms in total. The van der Waals surface area contributed by atoms with E-state index in [-0.39, 0.29) is 5.41 Å². The lowest BCUT2D eigenvalue weighted by Crippen LogP contribution is -2.16. The van der Waals surface area contributed by atoms with Gasteiger partial charge in [0.2, 0.25) is 0 Å². The predicted molar refractivity (Wildman–Crippen MR) is 97.1 cm³/mol. The first-order chi connectivity index (χ1) is 10.6. The molecule has 1 aliphatic rings. The minimum absolute atomic E-state index is 0.243. The van der Waals surface area contributed by atoms with E-state index >= 15 is 0 Å². The number of rotatable bonds is 6. The fourth-order valence-corrected chi connectivity index (χ4v) is 2.85. The normalized spacial score (nSPS) is 18.4. The Balaban J connectivity index is 1.65. The Hall–Kier alpha value is -1.34. The Morgan fingerprint density at radius 3 is 2.55 bits per heavy atom. The molecule has 0 saturated carbocycles. The van der Waals surface area contributed by atoms with Crippen LogP contribution in [0.3, 0.4) is 0 Å². The van der Waals surface area contributed by atoms with Gasteiger partial charge in [-0.2, -0.15) is 0 Å². The van der Waals surface area contributed by atoms with Gasteiger partial charge in [-0.15, -0.1) is 0 Å². The molecule has 1 aliphatic carbocycles. The van der Waals surface area contributed by atoms with Crippen LogP contribution < -0.4 is 5.32 Å². The number of hydrogen-bond donors (Lipinski definition) is 1. The van der Waals surface area contributed by atoms with Crippen LogP contribution in [0.25, 0.3) is 0 Å². The third-order valence-corrected chi connectivity index (χ3v) is 4.36. The topological polar surface area (TPSA) is 12.0 Å². The highest BCUT2D eigenvalue weighted by atomic mass is 14.8. The zero-order valence-electron chi connectivity index (χ0n) is 14.4. The maximum Gasteiger partial charge on any atom is 0.0205 e. The average molecular weight is 297 g/mol. The largest absolute Gasteiger partial charge is 0.313 e. The summed E-state index contributed by atoms with van der Waals surface area (Å²) in [7, 11) is 0. The molecular formula is C21H31N. The molecule has 0 radical (unpaired) electrons. The Labute approximate surface area is 136 Å². The van der Waals surface area contributed by atoms with Gasteiger partial charge in [0.05, 0.1) is 0 Å². The van der Waals surface area contributed by atoms with Gasteiger partial charge < -0.3 is 5.32 Å². The van der Waals surface area contributed by atoms with Gasteiger partial charge in [0.1, 0.15) is 0 Å². The molecule has 22 heavy (non-hydrogen) atoms. The van der Waals surface area contributed by atoms with Crippen molar-refractivity contribution in [2.75, 3.05) is 6.54 Å². The van der Waals surface area contributed by atoms with Gasteiger partial charge in [-0.25, -0.2) is 0 Å². The second kappa shape index (κ2) is 8.33. The molecule has 1 N–H and O–H groups in total. The molecule has 2 rings (SSSR count). The molecule has 0 amide bonds. The van der Waals surface area contributed by atoms with Gasteiger partial charge in [0, 0.05) is 6.54 Å². The summed E-state index contributed by atoms with van der Waals surface area (Å²) in [5.74, 6) is 0.742. The molecule has 1 heteroatoms. The Bertz CT molecular complexity index is 488. The van der Waals surface area contributed by atoms with Crippen LogP contribution >= 0.6 is 0 Å². The van der Waals surface area contributed by atoms with Crippen LogP contribution in [0.15, 0.2) is 48.6 Å². The van der Waals surface area contributed by atoms with Crippen molar-refractivity contribution in [3.05, 3.63) is 59.7 Å². The van der Waals surface area contributed by atoms with Gasteiger partial charge in [-0.3, -0.25) is 0 Å². The van der Waals surface area contributed by atoms with E-state index in [0.717, 1.165) is 25.4 Å². The smallest absolute Gasteiger partial charge is 0.0205 e. The highest BCUT2D eigenvalue weighted by molar-refractivity contribution is 5.27. The highest BCUT2D eigenvalue weighted by Crippen LogP contribution is 2.22. The molecular weight excluding hydrogens is 266 g/mol. The highest BCUT2D eigenvalue weighted by Gasteiger charge is 2.12. The monoisotopic (exact) mass is 297 g/mol. The van der Waals surface area contributed by atoms with Crippen LogP contribution in [0.5, 0.6) is 0 Å². The summed E-state index contributed by atoms with van der Waals surface area (Å²) in [6.45, 7) is 8.87. The van der Waals surface area contributed by atoms with Crippen molar-refractivity contribution in [2.24, 2.45) is 5.92 Å². The van der Waals surface area contributed by atoms with E-state index in [4.69, 9.17) is 0 Å². The van der Waals surface area contributed by atoms with Gasteiger partial charge in [0.15, 0.2) is 0 Å². The summed E-state index contributed by atoms with van der Waals surface area (Å²) < 4.78 is 0. The minimum atomic E-state index is 0.243. The van der Waals surface area contributed by atoms with Crippen LogP contribution in [0.1, 0.15) is 57.6 Å². The number of benzene rings is 1. The summed E-state index contributed by atoms with van der Waals surface area (Å²) in [6.07, 6.45) is 14.2. The van der Waals surface area contributed by atoms with Crippen LogP contribution in [0.2, 0.25) is 0 Å². The molecule has 0 spiro atoms. The molecule has 120 valence electrons. The lowest BCUT2D eigenvalue weighted by atomic mass is 9.87. The van der Waals surface area contributed by atoms with E-state index in [1.165, 1.54) is 30.4 Å². The van der Waals surface area contributed by atoms with Crippen molar-refractivity contribution in [3.63, 3.8) is 0 Å². The maximum absolute atomic E-state index is 3.57. The van der Waals surface area contributed by atoms with Gasteiger partial charge >= 0.3 is 0 Å². The molecule has 1 aromatic carbocycles. The van der Waals surface area contributed by atoms with Crippen LogP contribution in [-0.2, 0) is 12.0 Å². The van der Waals surface area contributed by atoms with E-state index in [9.17, 15) is 0 Å². The second-order valence-electron chi connectivity index (χ2n) is 7.40. The van der Waals surface area contributed by atoms with E-state index in [2.05, 4.69) is 74.7 Å². The predicted octanol–water partition coefficient (Wildman–Crippen LogP) is 5.38. The van der Waals surface area contributed by atoms with E-state index < -0.39 is 0 Å².